The van der Waals surface area contributed by atoms with E-state index in [2.05, 4.69) is 4.98 Å². The van der Waals surface area contributed by atoms with Crippen LogP contribution in [0, 0.1) is 0 Å². The van der Waals surface area contributed by atoms with E-state index in [0.717, 1.165) is 10.0 Å². The number of methoxy groups -OCH3 is 1. The van der Waals surface area contributed by atoms with Crippen molar-refractivity contribution in [1.29, 1.82) is 0 Å². The average molecular weight is 217 g/mol. The minimum absolute atomic E-state index is 0.106. The van der Waals surface area contributed by atoms with Crippen molar-refractivity contribution in [2.75, 3.05) is 32.7 Å². The molecule has 5 nitrogen and oxygen atoms in total. The van der Waals surface area contributed by atoms with Crippen molar-refractivity contribution in [1.82, 2.24) is 4.98 Å². The molecular weight excluding hydrogens is 202 g/mol. The summed E-state index contributed by atoms with van der Waals surface area (Å²) in [6, 6.07) is -0.420. The summed E-state index contributed by atoms with van der Waals surface area (Å²) in [5, 5.41) is 9.76. The van der Waals surface area contributed by atoms with Crippen LogP contribution in [0.1, 0.15) is 10.9 Å². The molecule has 14 heavy (non-hydrogen) atoms. The van der Waals surface area contributed by atoms with Gasteiger partial charge in [-0.2, -0.15) is 4.98 Å². The molecule has 0 aromatic carbocycles. The van der Waals surface area contributed by atoms with E-state index in [9.17, 15) is 0 Å². The van der Waals surface area contributed by atoms with Crippen LogP contribution in [0.3, 0.4) is 0 Å². The van der Waals surface area contributed by atoms with Crippen molar-refractivity contribution >= 4 is 16.5 Å². The maximum absolute atomic E-state index is 8.94. The number of aliphatic hydroxyl groups is 1. The Morgan fingerprint density at radius 2 is 2.29 bits per heavy atom. The standard InChI is InChI=1S/C8H15N3O2S/c1-11(2)8-10-7(13-3)6(14-8)5(9)4-12/h5,12H,4,9H2,1-3H3/t5-/m0/s1. The van der Waals surface area contributed by atoms with Gasteiger partial charge in [0.2, 0.25) is 5.88 Å². The molecule has 6 heteroatoms. The van der Waals surface area contributed by atoms with E-state index in [0.29, 0.717) is 5.88 Å². The number of nitrogens with two attached hydrogens (primary N) is 1. The zero-order chi connectivity index (χ0) is 10.7. The Morgan fingerprint density at radius 3 is 2.71 bits per heavy atom. The Kier molecular flexibility index (Phi) is 3.68. The van der Waals surface area contributed by atoms with Gasteiger partial charge in [0.05, 0.1) is 24.6 Å². The first kappa shape index (κ1) is 11.2. The fraction of sp³-hybridized carbons (Fsp3) is 0.625. The van der Waals surface area contributed by atoms with Gasteiger partial charge < -0.3 is 20.5 Å². The predicted molar refractivity (Wildman–Crippen MR) is 57.0 cm³/mol. The Morgan fingerprint density at radius 1 is 1.64 bits per heavy atom. The number of ether oxygens (including phenoxy) is 1. The smallest absolute Gasteiger partial charge is 0.231 e. The van der Waals surface area contributed by atoms with Crippen molar-refractivity contribution in [3.63, 3.8) is 0 Å². The normalized spacial score (nSPS) is 12.6. The van der Waals surface area contributed by atoms with E-state index in [1.54, 1.807) is 7.11 Å². The zero-order valence-corrected chi connectivity index (χ0v) is 9.34. The molecule has 1 rings (SSSR count). The fourth-order valence-electron chi connectivity index (χ4n) is 0.962. The molecule has 0 unspecified atom stereocenters. The molecule has 0 aliphatic rings. The lowest BCUT2D eigenvalue weighted by atomic mass is 10.3. The molecule has 0 bridgehead atoms. The van der Waals surface area contributed by atoms with Gasteiger partial charge in [-0.3, -0.25) is 0 Å². The van der Waals surface area contributed by atoms with Gasteiger partial charge in [-0.1, -0.05) is 11.3 Å². The zero-order valence-electron chi connectivity index (χ0n) is 8.52. The molecule has 3 N–H and O–H groups in total. The highest BCUT2D eigenvalue weighted by atomic mass is 32.1. The number of aromatic nitrogens is 1. The van der Waals surface area contributed by atoms with Crippen molar-refractivity contribution in [2.24, 2.45) is 5.73 Å². The predicted octanol–water partition coefficient (Wildman–Crippen LogP) is 0.210. The van der Waals surface area contributed by atoms with Crippen LogP contribution in [0.5, 0.6) is 5.88 Å². The highest BCUT2D eigenvalue weighted by molar-refractivity contribution is 7.16. The van der Waals surface area contributed by atoms with Gasteiger partial charge in [0.25, 0.3) is 0 Å². The monoisotopic (exact) mass is 217 g/mol. The number of rotatable bonds is 4. The summed E-state index contributed by atoms with van der Waals surface area (Å²) in [6.45, 7) is -0.106. The molecule has 1 heterocycles. The van der Waals surface area contributed by atoms with Crippen LogP contribution in [0.15, 0.2) is 0 Å². The average Bonchev–Trinajstić information content (AvgIpc) is 2.60. The molecule has 0 radical (unpaired) electrons. The summed E-state index contributed by atoms with van der Waals surface area (Å²) in [5.41, 5.74) is 5.71. The maximum Gasteiger partial charge on any atom is 0.231 e. The summed E-state index contributed by atoms with van der Waals surface area (Å²) >= 11 is 1.43. The molecule has 0 saturated heterocycles. The molecular formula is C8H15N3O2S. The first-order chi connectivity index (χ1) is 6.60. The molecule has 0 spiro atoms. The quantitative estimate of drug-likeness (QED) is 0.754. The Hall–Kier alpha value is -0.850. The number of nitrogens with zero attached hydrogens (tertiary/aromatic N) is 2. The van der Waals surface area contributed by atoms with Gasteiger partial charge >= 0.3 is 0 Å². The Labute approximate surface area is 87.1 Å². The third-order valence-corrected chi connectivity index (χ3v) is 3.05. The molecule has 0 fully saturated rings. The van der Waals surface area contributed by atoms with Crippen LogP contribution in [-0.2, 0) is 0 Å². The van der Waals surface area contributed by atoms with Gasteiger partial charge in [-0.05, 0) is 0 Å². The van der Waals surface area contributed by atoms with Gasteiger partial charge in [0.1, 0.15) is 0 Å². The van der Waals surface area contributed by atoms with E-state index in [-0.39, 0.29) is 6.61 Å². The van der Waals surface area contributed by atoms with Crippen molar-refractivity contribution in [3.05, 3.63) is 4.88 Å². The molecule has 0 aliphatic carbocycles. The van der Waals surface area contributed by atoms with Gasteiger partial charge in [0.15, 0.2) is 5.13 Å². The first-order valence-corrected chi connectivity index (χ1v) is 5.00. The number of aliphatic hydroxyl groups excluding tert-OH is 1. The molecule has 0 aliphatic heterocycles. The summed E-state index contributed by atoms with van der Waals surface area (Å²) in [7, 11) is 5.33. The maximum atomic E-state index is 8.94. The van der Waals surface area contributed by atoms with E-state index in [1.807, 2.05) is 19.0 Å². The largest absolute Gasteiger partial charge is 0.480 e. The van der Waals surface area contributed by atoms with Crippen LogP contribution >= 0.6 is 11.3 Å². The number of thiazole rings is 1. The Bertz CT molecular complexity index is 301. The number of anilines is 1. The summed E-state index contributed by atoms with van der Waals surface area (Å²) in [4.78, 5) is 6.88. The highest BCUT2D eigenvalue weighted by Gasteiger charge is 2.18. The topological polar surface area (TPSA) is 71.6 Å². The Balaban J connectivity index is 3.02. The fourth-order valence-corrected chi connectivity index (χ4v) is 1.91. The van der Waals surface area contributed by atoms with E-state index in [1.165, 1.54) is 11.3 Å². The molecule has 0 amide bonds. The minimum atomic E-state index is -0.420. The lowest BCUT2D eigenvalue weighted by Gasteiger charge is -2.06. The van der Waals surface area contributed by atoms with Crippen LogP contribution in [-0.4, -0.2) is 37.9 Å². The van der Waals surface area contributed by atoms with Crippen LogP contribution < -0.4 is 15.4 Å². The first-order valence-electron chi connectivity index (χ1n) is 4.18. The lowest BCUT2D eigenvalue weighted by molar-refractivity contribution is 0.266. The van der Waals surface area contributed by atoms with E-state index in [4.69, 9.17) is 15.6 Å². The van der Waals surface area contributed by atoms with Crippen molar-refractivity contribution < 1.29 is 9.84 Å². The van der Waals surface area contributed by atoms with Crippen molar-refractivity contribution in [2.45, 2.75) is 6.04 Å². The second kappa shape index (κ2) is 4.59. The van der Waals surface area contributed by atoms with Gasteiger partial charge in [-0.15, -0.1) is 0 Å². The molecule has 80 valence electrons. The third-order valence-electron chi connectivity index (χ3n) is 1.72. The van der Waals surface area contributed by atoms with Gasteiger partial charge in [-0.25, -0.2) is 0 Å². The van der Waals surface area contributed by atoms with Crippen LogP contribution in [0.4, 0.5) is 5.13 Å². The summed E-state index contributed by atoms with van der Waals surface area (Å²) < 4.78 is 5.08. The summed E-state index contributed by atoms with van der Waals surface area (Å²) in [6.07, 6.45) is 0. The lowest BCUT2D eigenvalue weighted by Crippen LogP contribution is -2.13. The van der Waals surface area contributed by atoms with Gasteiger partial charge in [0, 0.05) is 14.1 Å². The number of hydrogen-bond donors (Lipinski definition) is 2. The molecule has 1 atom stereocenters. The van der Waals surface area contributed by atoms with E-state index >= 15 is 0 Å². The second-order valence-corrected chi connectivity index (χ2v) is 4.06. The number of hydrogen-bond acceptors (Lipinski definition) is 6. The second-order valence-electron chi connectivity index (χ2n) is 3.05. The highest BCUT2D eigenvalue weighted by Crippen LogP contribution is 2.33. The SMILES string of the molecule is COc1nc(N(C)C)sc1[C@@H](N)CO. The van der Waals surface area contributed by atoms with Crippen molar-refractivity contribution in [3.8, 4) is 5.88 Å². The summed E-state index contributed by atoms with van der Waals surface area (Å²) in [5.74, 6) is 0.500. The minimum Gasteiger partial charge on any atom is -0.480 e. The molecule has 1 aromatic heterocycles. The third kappa shape index (κ3) is 2.14. The van der Waals surface area contributed by atoms with Crippen LogP contribution in [0.25, 0.3) is 0 Å². The molecule has 0 saturated carbocycles. The molecule has 1 aromatic rings. The van der Waals surface area contributed by atoms with Crippen LogP contribution in [0.2, 0.25) is 0 Å². The van der Waals surface area contributed by atoms with E-state index < -0.39 is 6.04 Å².